The molecule has 242 valence electrons. The van der Waals surface area contributed by atoms with Crippen LogP contribution in [0.3, 0.4) is 0 Å². The van der Waals surface area contributed by atoms with Gasteiger partial charge in [0.1, 0.15) is 5.75 Å². The second-order valence-electron chi connectivity index (χ2n) is 12.0. The number of hydrogen-bond donors (Lipinski definition) is 3. The molecule has 0 aliphatic carbocycles. The largest absolute Gasteiger partial charge is 0.494 e. The molecule has 9 nitrogen and oxygen atoms in total. The zero-order valence-electron chi connectivity index (χ0n) is 25.6. The van der Waals surface area contributed by atoms with Crippen LogP contribution in [0.15, 0.2) is 82.7 Å². The molecular weight excluding hydrogens is 637 g/mol. The molecule has 0 unspecified atom stereocenters. The number of aliphatic hydroxyl groups is 1. The van der Waals surface area contributed by atoms with Crippen LogP contribution in [0.1, 0.15) is 57.3 Å². The van der Waals surface area contributed by atoms with E-state index in [4.69, 9.17) is 42.8 Å². The summed E-state index contributed by atoms with van der Waals surface area (Å²) in [5.41, 5.74) is 5.06. The van der Waals surface area contributed by atoms with E-state index in [0.29, 0.717) is 41.5 Å². The van der Waals surface area contributed by atoms with Crippen molar-refractivity contribution >= 4 is 44.8 Å². The number of nitrogens with one attached hydrogen (secondary N) is 2. The summed E-state index contributed by atoms with van der Waals surface area (Å²) in [7, 11) is -3.80. The monoisotopic (exact) mass is 675 g/mol. The van der Waals surface area contributed by atoms with E-state index in [1.807, 2.05) is 0 Å². The summed E-state index contributed by atoms with van der Waals surface area (Å²) < 4.78 is 39.0. The fourth-order valence-corrected chi connectivity index (χ4v) is 6.68. The van der Waals surface area contributed by atoms with Crippen molar-refractivity contribution in [1.82, 2.24) is 10.9 Å². The molecule has 2 atom stereocenters. The first-order chi connectivity index (χ1) is 21.3. The maximum atomic E-state index is 14.2. The Morgan fingerprint density at radius 3 is 2.42 bits per heavy atom. The Morgan fingerprint density at radius 1 is 1.07 bits per heavy atom. The van der Waals surface area contributed by atoms with Crippen LogP contribution in [0.25, 0.3) is 0 Å². The molecular formula is C33H39Cl2N3O6S. The van der Waals surface area contributed by atoms with Gasteiger partial charge in [0.25, 0.3) is 5.91 Å². The van der Waals surface area contributed by atoms with Crippen molar-refractivity contribution in [1.29, 1.82) is 0 Å². The minimum atomic E-state index is -3.80. The first-order valence-electron chi connectivity index (χ1n) is 14.7. The predicted octanol–water partition coefficient (Wildman–Crippen LogP) is 5.93. The molecule has 0 aromatic heterocycles. The van der Waals surface area contributed by atoms with Gasteiger partial charge in [0.05, 0.1) is 17.3 Å². The van der Waals surface area contributed by atoms with Crippen molar-refractivity contribution in [2.45, 2.75) is 56.6 Å². The number of ether oxygens (including phenoxy) is 2. The number of benzene rings is 3. The van der Waals surface area contributed by atoms with Crippen molar-refractivity contribution in [3.05, 3.63) is 94.0 Å². The lowest BCUT2D eigenvalue weighted by atomic mass is 9.85. The van der Waals surface area contributed by atoms with Gasteiger partial charge in [-0.2, -0.15) is 0 Å². The number of nitrogens with zero attached hydrogens (tertiary/aromatic N) is 1. The number of carbonyl (C=O) groups is 1. The van der Waals surface area contributed by atoms with Gasteiger partial charge in [0.2, 0.25) is 5.90 Å². The summed E-state index contributed by atoms with van der Waals surface area (Å²) in [6.45, 7) is 7.13. The van der Waals surface area contributed by atoms with Gasteiger partial charge in [-0.3, -0.25) is 10.2 Å². The van der Waals surface area contributed by atoms with Crippen LogP contribution in [0.4, 0.5) is 0 Å². The molecule has 1 aliphatic rings. The lowest BCUT2D eigenvalue weighted by Crippen LogP contribution is -2.53. The summed E-state index contributed by atoms with van der Waals surface area (Å²) in [5, 5.41) is 9.68. The third-order valence-corrected chi connectivity index (χ3v) is 9.63. The van der Waals surface area contributed by atoms with Crippen molar-refractivity contribution in [3.63, 3.8) is 0 Å². The van der Waals surface area contributed by atoms with Gasteiger partial charge in [0.15, 0.2) is 21.5 Å². The molecule has 0 saturated heterocycles. The van der Waals surface area contributed by atoms with Gasteiger partial charge in [-0.15, -0.1) is 0 Å². The number of aliphatic hydroxyl groups excluding tert-OH is 1. The second-order valence-corrected chi connectivity index (χ2v) is 15.0. The maximum absolute atomic E-state index is 14.2. The third-order valence-electron chi connectivity index (χ3n) is 7.33. The molecule has 12 heteroatoms. The predicted molar refractivity (Wildman–Crippen MR) is 177 cm³/mol. The molecule has 0 radical (unpaired) electrons. The van der Waals surface area contributed by atoms with Crippen molar-refractivity contribution in [2.24, 2.45) is 10.4 Å². The van der Waals surface area contributed by atoms with Crippen LogP contribution in [-0.4, -0.2) is 56.4 Å². The van der Waals surface area contributed by atoms with E-state index >= 15 is 0 Å². The van der Waals surface area contributed by atoms with Gasteiger partial charge in [-0.25, -0.2) is 18.8 Å². The summed E-state index contributed by atoms with van der Waals surface area (Å²) in [4.78, 5) is 19.2. The number of carbonyl (C=O) groups excluding carboxylic acids is 1. The quantitative estimate of drug-likeness (QED) is 0.143. The molecule has 0 saturated carbocycles. The highest BCUT2D eigenvalue weighted by atomic mass is 35.5. The number of amides is 1. The minimum absolute atomic E-state index is 0.0204. The zero-order chi connectivity index (χ0) is 32.7. The van der Waals surface area contributed by atoms with Crippen LogP contribution >= 0.6 is 23.2 Å². The lowest BCUT2D eigenvalue weighted by Gasteiger charge is -2.31. The maximum Gasteiger partial charge on any atom is 0.266 e. The SMILES string of the molecule is CC(C)(C)CCNNC(=O)[C@@]1(CCS(=O)(=O)c2ccccc2)N=C(c2ccc(OCCCO)cc2)O[C@H]1c1ccc(Cl)cc1Cl. The first-order valence-corrected chi connectivity index (χ1v) is 17.1. The van der Waals surface area contributed by atoms with E-state index in [9.17, 15) is 13.2 Å². The summed E-state index contributed by atoms with van der Waals surface area (Å²) in [6.07, 6.45) is -0.0126. The van der Waals surface area contributed by atoms with E-state index in [1.165, 1.54) is 12.1 Å². The molecule has 45 heavy (non-hydrogen) atoms. The first kappa shape index (κ1) is 34.7. The molecule has 3 aromatic rings. The Bertz CT molecular complexity index is 1590. The van der Waals surface area contributed by atoms with E-state index < -0.39 is 27.4 Å². The molecule has 1 aliphatic heterocycles. The smallest absolute Gasteiger partial charge is 0.266 e. The fraction of sp³-hybridized carbons (Fsp3) is 0.394. The number of hydrazine groups is 1. The van der Waals surface area contributed by atoms with Crippen molar-refractivity contribution in [3.8, 4) is 5.75 Å². The molecule has 4 rings (SSSR count). The molecule has 0 spiro atoms. The van der Waals surface area contributed by atoms with Crippen LogP contribution in [0.5, 0.6) is 5.75 Å². The van der Waals surface area contributed by atoms with Crippen molar-refractivity contribution in [2.75, 3.05) is 25.5 Å². The Labute approximate surface area is 274 Å². The number of aliphatic imine (C=N–C) groups is 1. The van der Waals surface area contributed by atoms with Gasteiger partial charge >= 0.3 is 0 Å². The van der Waals surface area contributed by atoms with E-state index in [2.05, 4.69) is 31.6 Å². The van der Waals surface area contributed by atoms with Gasteiger partial charge in [-0.1, -0.05) is 68.2 Å². The number of halogens is 2. The molecule has 1 amide bonds. The topological polar surface area (TPSA) is 126 Å². The Morgan fingerprint density at radius 2 is 1.78 bits per heavy atom. The van der Waals surface area contributed by atoms with Gasteiger partial charge < -0.3 is 14.6 Å². The van der Waals surface area contributed by atoms with Gasteiger partial charge in [0, 0.05) is 47.2 Å². The summed E-state index contributed by atoms with van der Waals surface area (Å²) in [5.74, 6) is -0.208. The number of sulfone groups is 1. The normalized spacial score (nSPS) is 18.3. The standard InChI is InChI=1S/C33H39Cl2N3O6S/c1-32(2,3)16-18-36-38-31(40)33(17-21-45(41,42)26-8-5-4-6-9-26)29(27-15-12-24(34)22-28(27)35)44-30(37-33)23-10-13-25(14-11-23)43-20-7-19-39/h4-6,8-15,22,29,36,39H,7,16-21H2,1-3H3,(H,38,40)/t29-,33-/m0/s1. The van der Waals surface area contributed by atoms with Crippen LogP contribution in [-0.2, 0) is 19.4 Å². The highest BCUT2D eigenvalue weighted by Crippen LogP contribution is 2.45. The minimum Gasteiger partial charge on any atom is -0.494 e. The summed E-state index contributed by atoms with van der Waals surface area (Å²) >= 11 is 12.9. The zero-order valence-corrected chi connectivity index (χ0v) is 27.9. The second kappa shape index (κ2) is 15.0. The highest BCUT2D eigenvalue weighted by molar-refractivity contribution is 7.91. The third kappa shape index (κ3) is 8.98. The van der Waals surface area contributed by atoms with Crippen LogP contribution < -0.4 is 15.6 Å². The summed E-state index contributed by atoms with van der Waals surface area (Å²) in [6, 6.07) is 19.9. The molecule has 0 bridgehead atoms. The highest BCUT2D eigenvalue weighted by Gasteiger charge is 2.54. The average Bonchev–Trinajstić information content (AvgIpc) is 3.39. The van der Waals surface area contributed by atoms with E-state index in [1.54, 1.807) is 60.7 Å². The Kier molecular flexibility index (Phi) is 11.5. The average molecular weight is 677 g/mol. The van der Waals surface area contributed by atoms with Crippen LogP contribution in [0.2, 0.25) is 10.0 Å². The molecule has 0 fully saturated rings. The fourth-order valence-electron chi connectivity index (χ4n) is 4.79. The van der Waals surface area contributed by atoms with Crippen molar-refractivity contribution < 1.29 is 27.8 Å². The number of hydrogen-bond acceptors (Lipinski definition) is 8. The lowest BCUT2D eigenvalue weighted by molar-refractivity contribution is -0.130. The number of rotatable bonds is 14. The van der Waals surface area contributed by atoms with Gasteiger partial charge in [-0.05, 0) is 60.4 Å². The molecule has 1 heterocycles. The Balaban J connectivity index is 1.76. The molecule has 3 aromatic carbocycles. The van der Waals surface area contributed by atoms with E-state index in [0.717, 1.165) is 6.42 Å². The molecule has 3 N–H and O–H groups in total. The van der Waals surface area contributed by atoms with E-state index in [-0.39, 0.29) is 40.0 Å². The Hall–Kier alpha value is -3.15. The van der Waals surface area contributed by atoms with Crippen LogP contribution in [0, 0.1) is 5.41 Å².